The van der Waals surface area contributed by atoms with E-state index in [1.54, 1.807) is 91.0 Å². The molecule has 2 aliphatic heterocycles. The molecule has 0 radical (unpaired) electrons. The van der Waals surface area contributed by atoms with E-state index in [0.29, 0.717) is 24.9 Å². The van der Waals surface area contributed by atoms with Crippen LogP contribution in [0.1, 0.15) is 43.9 Å². The first-order chi connectivity index (χ1) is 19.0. The van der Waals surface area contributed by atoms with E-state index in [4.69, 9.17) is 18.9 Å². The van der Waals surface area contributed by atoms with Crippen LogP contribution in [0.15, 0.2) is 91.0 Å². The Bertz CT molecular complexity index is 1310. The van der Waals surface area contributed by atoms with Gasteiger partial charge in [-0.3, -0.25) is 4.79 Å². The van der Waals surface area contributed by atoms with Crippen molar-refractivity contribution in [3.8, 4) is 0 Å². The van der Waals surface area contributed by atoms with Crippen molar-refractivity contribution in [1.29, 1.82) is 0 Å². The number of esters is 3. The van der Waals surface area contributed by atoms with Crippen molar-refractivity contribution in [2.75, 3.05) is 13.2 Å². The Hall–Kier alpha value is -4.50. The second-order valence-electron chi connectivity index (χ2n) is 9.19. The number of nitrogens with zero attached hydrogens (tertiary/aromatic N) is 1. The molecule has 0 unspecified atom stereocenters. The van der Waals surface area contributed by atoms with Gasteiger partial charge in [-0.15, -0.1) is 0 Å². The van der Waals surface area contributed by atoms with Crippen molar-refractivity contribution in [2.45, 2.75) is 37.4 Å². The van der Waals surface area contributed by atoms with E-state index in [0.717, 1.165) is 0 Å². The third-order valence-corrected chi connectivity index (χ3v) is 6.60. The maximum atomic E-state index is 13.1. The molecule has 9 nitrogen and oxygen atoms in total. The van der Waals surface area contributed by atoms with Crippen molar-refractivity contribution in [1.82, 2.24) is 4.90 Å². The molecule has 5 rings (SSSR count). The van der Waals surface area contributed by atoms with E-state index in [-0.39, 0.29) is 23.6 Å². The Labute approximate surface area is 225 Å². The van der Waals surface area contributed by atoms with Gasteiger partial charge in [0.05, 0.1) is 16.7 Å². The monoisotopic (exact) mass is 529 g/mol. The molecule has 1 amide bonds. The van der Waals surface area contributed by atoms with Crippen LogP contribution >= 0.6 is 0 Å². The Morgan fingerprint density at radius 2 is 1.21 bits per heavy atom. The van der Waals surface area contributed by atoms with Crippen LogP contribution in [0, 0.1) is 0 Å². The molecule has 3 aromatic carbocycles. The van der Waals surface area contributed by atoms with Crippen molar-refractivity contribution < 1.29 is 38.1 Å². The maximum absolute atomic E-state index is 13.1. The Balaban J connectivity index is 1.43. The van der Waals surface area contributed by atoms with E-state index in [1.807, 2.05) is 0 Å². The minimum absolute atomic E-state index is 0.171. The van der Waals surface area contributed by atoms with Crippen LogP contribution in [0.4, 0.5) is 0 Å². The van der Waals surface area contributed by atoms with Crippen LogP contribution in [0.2, 0.25) is 0 Å². The number of hydrogen-bond donors (Lipinski definition) is 0. The lowest BCUT2D eigenvalue weighted by molar-refractivity contribution is -0.147. The fraction of sp³-hybridized carbons (Fsp3) is 0.267. The molecule has 9 heteroatoms. The topological polar surface area (TPSA) is 108 Å². The number of carbonyl (C=O) groups excluding carboxylic acids is 4. The smallest absolute Gasteiger partial charge is 0.338 e. The summed E-state index contributed by atoms with van der Waals surface area (Å²) >= 11 is 0. The normalized spacial score (nSPS) is 22.4. The Morgan fingerprint density at radius 3 is 1.69 bits per heavy atom. The zero-order valence-corrected chi connectivity index (χ0v) is 21.0. The van der Waals surface area contributed by atoms with Gasteiger partial charge in [-0.1, -0.05) is 54.6 Å². The van der Waals surface area contributed by atoms with E-state index in [2.05, 4.69) is 0 Å². The minimum atomic E-state index is -1.16. The molecular formula is C30H27NO8. The van der Waals surface area contributed by atoms with Gasteiger partial charge in [0.1, 0.15) is 12.7 Å². The highest BCUT2D eigenvalue weighted by molar-refractivity contribution is 5.91. The number of rotatable bonds is 8. The summed E-state index contributed by atoms with van der Waals surface area (Å²) in [7, 11) is 0. The molecule has 3 aromatic rings. The average Bonchev–Trinajstić information content (AvgIpc) is 3.55. The lowest BCUT2D eigenvalue weighted by Gasteiger charge is -2.29. The van der Waals surface area contributed by atoms with Gasteiger partial charge >= 0.3 is 17.9 Å². The second-order valence-corrected chi connectivity index (χ2v) is 9.19. The molecule has 0 saturated carbocycles. The largest absolute Gasteiger partial charge is 0.459 e. The molecule has 0 N–H and O–H groups in total. The summed E-state index contributed by atoms with van der Waals surface area (Å²) in [5, 5.41) is 0. The van der Waals surface area contributed by atoms with Crippen molar-refractivity contribution in [3.63, 3.8) is 0 Å². The molecule has 39 heavy (non-hydrogen) atoms. The number of carbonyl (C=O) groups is 4. The lowest BCUT2D eigenvalue weighted by atomic mass is 10.1. The van der Waals surface area contributed by atoms with Crippen LogP contribution in [0.3, 0.4) is 0 Å². The summed E-state index contributed by atoms with van der Waals surface area (Å²) in [5.74, 6) is -2.09. The predicted octanol–water partition coefficient (Wildman–Crippen LogP) is 3.64. The average molecular weight is 530 g/mol. The maximum Gasteiger partial charge on any atom is 0.338 e. The van der Waals surface area contributed by atoms with Gasteiger partial charge in [0.25, 0.3) is 0 Å². The Morgan fingerprint density at radius 1 is 0.718 bits per heavy atom. The number of hydrogen-bond acceptors (Lipinski definition) is 8. The minimum Gasteiger partial charge on any atom is -0.459 e. The third-order valence-electron chi connectivity index (χ3n) is 6.60. The number of likely N-dealkylation sites (tertiary alicyclic amines) is 1. The molecule has 0 aromatic heterocycles. The highest BCUT2D eigenvalue weighted by Gasteiger charge is 2.54. The van der Waals surface area contributed by atoms with Crippen LogP contribution in [0.25, 0.3) is 0 Å². The molecule has 4 atom stereocenters. The predicted molar refractivity (Wildman–Crippen MR) is 138 cm³/mol. The first kappa shape index (κ1) is 26.1. The first-order valence-electron chi connectivity index (χ1n) is 12.7. The zero-order valence-electron chi connectivity index (χ0n) is 21.0. The SMILES string of the molecule is O=C(OC[C@H]1O[C@@H](N2CCCC2=O)[C@H](OC(=O)c2ccccc2)[C@@H]1OC(=O)c1ccccc1)c1ccccc1. The molecule has 0 bridgehead atoms. The van der Waals surface area contributed by atoms with E-state index in [9.17, 15) is 19.2 Å². The summed E-state index contributed by atoms with van der Waals surface area (Å²) in [6, 6.07) is 25.1. The highest BCUT2D eigenvalue weighted by atomic mass is 16.7. The van der Waals surface area contributed by atoms with E-state index < -0.39 is 42.4 Å². The number of benzene rings is 3. The molecule has 2 saturated heterocycles. The first-order valence-corrected chi connectivity index (χ1v) is 12.7. The summed E-state index contributed by atoms with van der Waals surface area (Å²) in [6.45, 7) is 0.0944. The van der Waals surface area contributed by atoms with Crippen molar-refractivity contribution in [2.24, 2.45) is 0 Å². The standard InChI is InChI=1S/C30H27NO8/c32-24-17-10-18-31(24)27-26(39-30(35)22-15-8-3-9-16-22)25(38-29(34)21-13-6-2-7-14-21)23(37-27)19-36-28(33)20-11-4-1-5-12-20/h1-9,11-16,23,25-27H,10,17-19H2/t23-,25-,26-,27-/m1/s1. The second kappa shape index (κ2) is 11.9. The van der Waals surface area contributed by atoms with Crippen LogP contribution in [-0.4, -0.2) is 66.4 Å². The van der Waals surface area contributed by atoms with Crippen molar-refractivity contribution in [3.05, 3.63) is 108 Å². The quantitative estimate of drug-likeness (QED) is 0.322. The van der Waals surface area contributed by atoms with Gasteiger partial charge in [-0.05, 0) is 42.8 Å². The fourth-order valence-electron chi connectivity index (χ4n) is 4.65. The molecule has 2 aliphatic rings. The lowest BCUT2D eigenvalue weighted by Crippen LogP contribution is -2.48. The van der Waals surface area contributed by atoms with Gasteiger partial charge < -0.3 is 23.8 Å². The summed E-state index contributed by atoms with van der Waals surface area (Å²) in [4.78, 5) is 53.0. The highest BCUT2D eigenvalue weighted by Crippen LogP contribution is 2.33. The number of amides is 1. The third kappa shape index (κ3) is 5.99. The van der Waals surface area contributed by atoms with E-state index in [1.165, 1.54) is 4.90 Å². The van der Waals surface area contributed by atoms with Gasteiger partial charge in [0.15, 0.2) is 18.4 Å². The van der Waals surface area contributed by atoms with Gasteiger partial charge in [-0.25, -0.2) is 14.4 Å². The molecule has 2 heterocycles. The van der Waals surface area contributed by atoms with Gasteiger partial charge in [-0.2, -0.15) is 0 Å². The van der Waals surface area contributed by atoms with E-state index >= 15 is 0 Å². The molecule has 0 spiro atoms. The Kier molecular flexibility index (Phi) is 7.98. The summed E-state index contributed by atoms with van der Waals surface area (Å²) in [5.41, 5.74) is 0.911. The van der Waals surface area contributed by atoms with Crippen LogP contribution in [0.5, 0.6) is 0 Å². The summed E-state index contributed by atoms with van der Waals surface area (Å²) < 4.78 is 23.4. The van der Waals surface area contributed by atoms with Crippen molar-refractivity contribution >= 4 is 23.8 Å². The van der Waals surface area contributed by atoms with Gasteiger partial charge in [0.2, 0.25) is 5.91 Å². The van der Waals surface area contributed by atoms with Gasteiger partial charge in [0, 0.05) is 13.0 Å². The molecule has 2 fully saturated rings. The zero-order chi connectivity index (χ0) is 27.2. The molecule has 200 valence electrons. The molecule has 0 aliphatic carbocycles. The molecular weight excluding hydrogens is 502 g/mol. The summed E-state index contributed by atoms with van der Waals surface area (Å²) in [6.07, 6.45) is -3.42. The fourth-order valence-corrected chi connectivity index (χ4v) is 4.65. The van der Waals surface area contributed by atoms with Crippen LogP contribution < -0.4 is 0 Å². The van der Waals surface area contributed by atoms with Crippen LogP contribution in [-0.2, 0) is 23.7 Å². The number of ether oxygens (including phenoxy) is 4.